The predicted octanol–water partition coefficient (Wildman–Crippen LogP) is 3.41. The van der Waals surface area contributed by atoms with Crippen LogP contribution in [0.5, 0.6) is 0 Å². The Bertz CT molecular complexity index is 506. The zero-order chi connectivity index (χ0) is 11.5. The van der Waals surface area contributed by atoms with E-state index in [1.165, 1.54) is 21.9 Å². The molecule has 0 aliphatic rings. The predicted molar refractivity (Wildman–Crippen MR) is 71.5 cm³/mol. The molecule has 0 aromatic heterocycles. The van der Waals surface area contributed by atoms with Gasteiger partial charge in [0.2, 0.25) is 0 Å². The van der Waals surface area contributed by atoms with Gasteiger partial charge in [0, 0.05) is 6.54 Å². The Morgan fingerprint density at radius 2 is 1.75 bits per heavy atom. The molecule has 0 aliphatic heterocycles. The number of nitrogens with zero attached hydrogens (tertiary/aromatic N) is 1. The third-order valence-electron chi connectivity index (χ3n) is 2.68. The molecule has 0 amide bonds. The monoisotopic (exact) mass is 211 g/mol. The number of hydrogen-bond acceptors (Lipinski definition) is 1. The Labute approximate surface area is 97.0 Å². The Morgan fingerprint density at radius 3 is 2.50 bits per heavy atom. The van der Waals surface area contributed by atoms with Crippen molar-refractivity contribution in [3.8, 4) is 0 Å². The number of likely N-dealkylation sites (N-methyl/N-ethyl adjacent to an activating group) is 1. The van der Waals surface area contributed by atoms with Crippen molar-refractivity contribution >= 4 is 16.3 Å². The topological polar surface area (TPSA) is 3.24 Å². The first-order valence-electron chi connectivity index (χ1n) is 5.49. The van der Waals surface area contributed by atoms with Gasteiger partial charge < -0.3 is 4.90 Å². The van der Waals surface area contributed by atoms with E-state index in [4.69, 9.17) is 0 Å². The Balaban J connectivity index is 2.48. The molecule has 82 valence electrons. The van der Waals surface area contributed by atoms with Crippen molar-refractivity contribution in [3.05, 3.63) is 54.6 Å². The first-order chi connectivity index (χ1) is 7.68. The van der Waals surface area contributed by atoms with Gasteiger partial charge in [0.05, 0.1) is 0 Å². The summed E-state index contributed by atoms with van der Waals surface area (Å²) in [4.78, 5) is 2.14. The van der Waals surface area contributed by atoms with Crippen LogP contribution in [0.4, 0.5) is 0 Å². The summed E-state index contributed by atoms with van der Waals surface area (Å²) < 4.78 is 0. The summed E-state index contributed by atoms with van der Waals surface area (Å²) in [5.74, 6) is 0. The molecule has 0 spiro atoms. The van der Waals surface area contributed by atoms with E-state index in [1.807, 2.05) is 0 Å². The standard InChI is InChI=1S/C15H17N/c1-12(11-16(2)3)14-10-6-8-13-7-4-5-9-15(13)14/h4-10H,1,11H2,2-3H3. The summed E-state index contributed by atoms with van der Waals surface area (Å²) in [5, 5.41) is 2.57. The first-order valence-corrected chi connectivity index (χ1v) is 5.49. The first kappa shape index (κ1) is 10.9. The zero-order valence-corrected chi connectivity index (χ0v) is 9.90. The average Bonchev–Trinajstić information content (AvgIpc) is 2.27. The van der Waals surface area contributed by atoms with Crippen LogP contribution < -0.4 is 0 Å². The fourth-order valence-electron chi connectivity index (χ4n) is 2.00. The summed E-state index contributed by atoms with van der Waals surface area (Å²) in [6, 6.07) is 14.8. The van der Waals surface area contributed by atoms with Gasteiger partial charge in [-0.25, -0.2) is 0 Å². The van der Waals surface area contributed by atoms with Crippen molar-refractivity contribution in [3.63, 3.8) is 0 Å². The lowest BCUT2D eigenvalue weighted by molar-refractivity contribution is 0.463. The molecule has 1 heteroatoms. The molecule has 2 rings (SSSR count). The maximum atomic E-state index is 4.17. The van der Waals surface area contributed by atoms with Crippen molar-refractivity contribution in [2.75, 3.05) is 20.6 Å². The lowest BCUT2D eigenvalue weighted by Gasteiger charge is -2.14. The summed E-state index contributed by atoms with van der Waals surface area (Å²) in [5.41, 5.74) is 2.42. The summed E-state index contributed by atoms with van der Waals surface area (Å²) in [7, 11) is 4.13. The Hall–Kier alpha value is -1.60. The maximum Gasteiger partial charge on any atom is 0.0227 e. The normalized spacial score (nSPS) is 10.9. The van der Waals surface area contributed by atoms with Crippen LogP contribution in [-0.2, 0) is 0 Å². The van der Waals surface area contributed by atoms with Gasteiger partial charge in [0.1, 0.15) is 0 Å². The van der Waals surface area contributed by atoms with Crippen molar-refractivity contribution in [1.82, 2.24) is 4.90 Å². The minimum absolute atomic E-state index is 0.897. The lowest BCUT2D eigenvalue weighted by Crippen LogP contribution is -2.14. The van der Waals surface area contributed by atoms with E-state index in [0.717, 1.165) is 6.54 Å². The van der Waals surface area contributed by atoms with Crippen LogP contribution in [0, 0.1) is 0 Å². The van der Waals surface area contributed by atoms with Crippen molar-refractivity contribution < 1.29 is 0 Å². The molecule has 0 N–H and O–H groups in total. The van der Waals surface area contributed by atoms with Crippen LogP contribution >= 0.6 is 0 Å². The molecule has 16 heavy (non-hydrogen) atoms. The van der Waals surface area contributed by atoms with E-state index < -0.39 is 0 Å². The van der Waals surface area contributed by atoms with E-state index >= 15 is 0 Å². The van der Waals surface area contributed by atoms with Crippen LogP contribution in [-0.4, -0.2) is 25.5 Å². The van der Waals surface area contributed by atoms with Gasteiger partial charge in [0.25, 0.3) is 0 Å². The molecular formula is C15H17N. The smallest absolute Gasteiger partial charge is 0.0227 e. The molecule has 0 saturated heterocycles. The molecule has 0 atom stereocenters. The van der Waals surface area contributed by atoms with Gasteiger partial charge in [-0.15, -0.1) is 0 Å². The molecule has 0 unspecified atom stereocenters. The highest BCUT2D eigenvalue weighted by Crippen LogP contribution is 2.24. The lowest BCUT2D eigenvalue weighted by atomic mass is 9.99. The zero-order valence-electron chi connectivity index (χ0n) is 9.90. The fraction of sp³-hybridized carbons (Fsp3) is 0.200. The third-order valence-corrected chi connectivity index (χ3v) is 2.68. The van der Waals surface area contributed by atoms with Crippen LogP contribution in [0.25, 0.3) is 16.3 Å². The minimum Gasteiger partial charge on any atom is -0.305 e. The average molecular weight is 211 g/mol. The molecule has 0 saturated carbocycles. The van der Waals surface area contributed by atoms with Gasteiger partial charge in [-0.3, -0.25) is 0 Å². The maximum absolute atomic E-state index is 4.17. The van der Waals surface area contributed by atoms with E-state index in [1.54, 1.807) is 0 Å². The molecule has 0 heterocycles. The molecule has 0 bridgehead atoms. The second-order valence-corrected chi connectivity index (χ2v) is 4.37. The second kappa shape index (κ2) is 4.50. The highest BCUT2D eigenvalue weighted by molar-refractivity contribution is 5.93. The van der Waals surface area contributed by atoms with E-state index in [9.17, 15) is 0 Å². The molecule has 0 aliphatic carbocycles. The molecule has 1 nitrogen and oxygen atoms in total. The summed E-state index contributed by atoms with van der Waals surface area (Å²) >= 11 is 0. The highest BCUT2D eigenvalue weighted by Gasteiger charge is 2.04. The van der Waals surface area contributed by atoms with E-state index in [2.05, 4.69) is 68.0 Å². The summed E-state index contributed by atoms with van der Waals surface area (Å²) in [6.07, 6.45) is 0. The molecule has 2 aromatic carbocycles. The molecular weight excluding hydrogens is 194 g/mol. The number of rotatable bonds is 3. The van der Waals surface area contributed by atoms with Crippen LogP contribution in [0.3, 0.4) is 0 Å². The van der Waals surface area contributed by atoms with E-state index in [0.29, 0.717) is 0 Å². The third kappa shape index (κ3) is 2.15. The van der Waals surface area contributed by atoms with E-state index in [-0.39, 0.29) is 0 Å². The van der Waals surface area contributed by atoms with Crippen LogP contribution in [0.1, 0.15) is 5.56 Å². The Kier molecular flexibility index (Phi) is 3.07. The quantitative estimate of drug-likeness (QED) is 0.752. The van der Waals surface area contributed by atoms with Gasteiger partial charge in [-0.2, -0.15) is 0 Å². The van der Waals surface area contributed by atoms with Gasteiger partial charge in [-0.05, 0) is 36.0 Å². The van der Waals surface area contributed by atoms with Gasteiger partial charge in [0.15, 0.2) is 0 Å². The van der Waals surface area contributed by atoms with Crippen LogP contribution in [0.2, 0.25) is 0 Å². The fourth-order valence-corrected chi connectivity index (χ4v) is 2.00. The van der Waals surface area contributed by atoms with Gasteiger partial charge >= 0.3 is 0 Å². The van der Waals surface area contributed by atoms with Crippen molar-refractivity contribution in [2.24, 2.45) is 0 Å². The minimum atomic E-state index is 0.897. The second-order valence-electron chi connectivity index (χ2n) is 4.37. The van der Waals surface area contributed by atoms with Crippen molar-refractivity contribution in [2.45, 2.75) is 0 Å². The SMILES string of the molecule is C=C(CN(C)C)c1cccc2ccccc12. The number of hydrogen-bond donors (Lipinski definition) is 0. The molecule has 0 radical (unpaired) electrons. The molecule has 2 aromatic rings. The highest BCUT2D eigenvalue weighted by atomic mass is 15.0. The number of benzene rings is 2. The van der Waals surface area contributed by atoms with Crippen LogP contribution in [0.15, 0.2) is 49.0 Å². The molecule has 0 fully saturated rings. The number of fused-ring (bicyclic) bond motifs is 1. The summed E-state index contributed by atoms with van der Waals surface area (Å²) in [6.45, 7) is 5.07. The van der Waals surface area contributed by atoms with Crippen molar-refractivity contribution in [1.29, 1.82) is 0 Å². The Morgan fingerprint density at radius 1 is 1.06 bits per heavy atom. The largest absolute Gasteiger partial charge is 0.305 e. The van der Waals surface area contributed by atoms with Gasteiger partial charge in [-0.1, -0.05) is 49.0 Å².